The van der Waals surface area contributed by atoms with Gasteiger partial charge in [-0.1, -0.05) is 0 Å². The van der Waals surface area contributed by atoms with Gasteiger partial charge in [-0.3, -0.25) is 25.7 Å². The van der Waals surface area contributed by atoms with Crippen LogP contribution < -0.4 is 14.3 Å². The second-order valence-electron chi connectivity index (χ2n) is 6.49. The van der Waals surface area contributed by atoms with Gasteiger partial charge in [0.05, 0.1) is 33.7 Å². The molecule has 0 aliphatic rings. The third-order valence-corrected chi connectivity index (χ3v) is 6.16. The van der Waals surface area contributed by atoms with Gasteiger partial charge in [0.2, 0.25) is 0 Å². The molecule has 0 saturated heterocycles. The number of anilines is 1. The molecular formula is C20H15BrN4O8S. The van der Waals surface area contributed by atoms with Gasteiger partial charge >= 0.3 is 15.8 Å². The smallest absolute Gasteiger partial charge is 0.339 e. The summed E-state index contributed by atoms with van der Waals surface area (Å²) in [6.07, 6.45) is 1.32. The van der Waals surface area contributed by atoms with Gasteiger partial charge in [0.1, 0.15) is 16.3 Å². The lowest BCUT2D eigenvalue weighted by Crippen LogP contribution is -2.10. The number of nitro groups is 2. The number of nitrogens with one attached hydrogen (secondary N) is 1. The van der Waals surface area contributed by atoms with Gasteiger partial charge in [-0.2, -0.15) is 13.5 Å². The zero-order valence-electron chi connectivity index (χ0n) is 17.2. The summed E-state index contributed by atoms with van der Waals surface area (Å²) in [5, 5.41) is 25.9. The highest BCUT2D eigenvalue weighted by molar-refractivity contribution is 9.10. The minimum Gasteiger partial charge on any atom is -0.497 e. The summed E-state index contributed by atoms with van der Waals surface area (Å²) < 4.78 is 35.5. The molecule has 34 heavy (non-hydrogen) atoms. The van der Waals surface area contributed by atoms with Crippen molar-refractivity contribution < 1.29 is 27.2 Å². The molecule has 0 unspecified atom stereocenters. The summed E-state index contributed by atoms with van der Waals surface area (Å²) in [5.41, 5.74) is 1.98. The number of hydrogen-bond acceptors (Lipinski definition) is 10. The second-order valence-corrected chi connectivity index (χ2v) is 8.89. The Morgan fingerprint density at radius 2 is 1.71 bits per heavy atom. The Balaban J connectivity index is 1.74. The van der Waals surface area contributed by atoms with E-state index >= 15 is 0 Å². The van der Waals surface area contributed by atoms with Crippen LogP contribution in [0.5, 0.6) is 11.5 Å². The summed E-state index contributed by atoms with van der Waals surface area (Å²) in [5.74, 6) is 0.531. The first-order valence-corrected chi connectivity index (χ1v) is 11.4. The van der Waals surface area contributed by atoms with Gasteiger partial charge in [-0.05, 0) is 70.0 Å². The standard InChI is InChI=1S/C20H15BrN4O8S/c1-32-15-4-6-16(7-5-15)34(30,31)33-20-9-2-13(10-17(20)21)12-22-23-18-8-3-14(24(26)27)11-19(18)25(28)29/h2-12,23H,1H3/b22-12-. The molecule has 0 aliphatic heterocycles. The topological polar surface area (TPSA) is 163 Å². The van der Waals surface area contributed by atoms with Crippen molar-refractivity contribution in [2.24, 2.45) is 5.10 Å². The quantitative estimate of drug-likeness (QED) is 0.175. The van der Waals surface area contributed by atoms with Gasteiger partial charge < -0.3 is 8.92 Å². The highest BCUT2D eigenvalue weighted by Gasteiger charge is 2.20. The zero-order chi connectivity index (χ0) is 24.9. The van der Waals surface area contributed by atoms with Crippen LogP contribution in [0.15, 0.2) is 75.1 Å². The molecule has 0 heterocycles. The van der Waals surface area contributed by atoms with Crippen molar-refractivity contribution in [2.75, 3.05) is 12.5 Å². The highest BCUT2D eigenvalue weighted by Crippen LogP contribution is 2.30. The third kappa shape index (κ3) is 5.85. The number of nitro benzene ring substituents is 2. The number of halogens is 1. The first-order chi connectivity index (χ1) is 16.1. The maximum atomic E-state index is 12.5. The van der Waals surface area contributed by atoms with E-state index in [0.29, 0.717) is 15.8 Å². The predicted octanol–water partition coefficient (Wildman–Crippen LogP) is 4.49. The minimum atomic E-state index is -4.09. The molecule has 1 N–H and O–H groups in total. The zero-order valence-corrected chi connectivity index (χ0v) is 19.6. The number of nitrogens with zero attached hydrogens (tertiary/aromatic N) is 3. The molecule has 3 rings (SSSR count). The van der Waals surface area contributed by atoms with E-state index in [4.69, 9.17) is 8.92 Å². The molecule has 0 radical (unpaired) electrons. The number of rotatable bonds is 9. The molecule has 0 spiro atoms. The Morgan fingerprint density at radius 3 is 2.29 bits per heavy atom. The van der Waals surface area contributed by atoms with E-state index in [-0.39, 0.29) is 16.3 Å². The van der Waals surface area contributed by atoms with Gasteiger partial charge in [-0.15, -0.1) is 0 Å². The van der Waals surface area contributed by atoms with Crippen LogP contribution in [0.2, 0.25) is 0 Å². The Hall–Kier alpha value is -4.04. The van der Waals surface area contributed by atoms with Gasteiger partial charge in [0.15, 0.2) is 5.75 Å². The van der Waals surface area contributed by atoms with E-state index in [9.17, 15) is 28.6 Å². The van der Waals surface area contributed by atoms with Crippen LogP contribution in [0.1, 0.15) is 5.56 Å². The molecule has 3 aromatic rings. The molecule has 0 atom stereocenters. The van der Waals surface area contributed by atoms with Gasteiger partial charge in [-0.25, -0.2) is 0 Å². The number of hydrogen-bond donors (Lipinski definition) is 1. The van der Waals surface area contributed by atoms with Crippen molar-refractivity contribution >= 4 is 49.3 Å². The molecule has 0 fully saturated rings. The van der Waals surface area contributed by atoms with Crippen LogP contribution in [0.3, 0.4) is 0 Å². The molecule has 0 amide bonds. The second kappa shape index (κ2) is 10.3. The average Bonchev–Trinajstić information content (AvgIpc) is 2.80. The molecule has 176 valence electrons. The Bertz CT molecular complexity index is 1380. The predicted molar refractivity (Wildman–Crippen MR) is 126 cm³/mol. The normalized spacial score (nSPS) is 11.2. The SMILES string of the molecule is COc1ccc(S(=O)(=O)Oc2ccc(/C=N\Nc3ccc([N+](=O)[O-])cc3[N+](=O)[O-])cc2Br)cc1. The van der Waals surface area contributed by atoms with E-state index in [1.165, 1.54) is 61.9 Å². The molecule has 0 aliphatic carbocycles. The van der Waals surface area contributed by atoms with Crippen LogP contribution in [-0.2, 0) is 10.1 Å². The third-order valence-electron chi connectivity index (χ3n) is 4.29. The molecule has 3 aromatic carbocycles. The summed E-state index contributed by atoms with van der Waals surface area (Å²) in [7, 11) is -2.63. The van der Waals surface area contributed by atoms with Gasteiger partial charge in [0, 0.05) is 6.07 Å². The lowest BCUT2D eigenvalue weighted by atomic mass is 10.2. The van der Waals surface area contributed by atoms with E-state index in [1.54, 1.807) is 0 Å². The van der Waals surface area contributed by atoms with Crippen LogP contribution in [-0.4, -0.2) is 31.6 Å². The van der Waals surface area contributed by atoms with Crippen LogP contribution >= 0.6 is 15.9 Å². The number of non-ortho nitro benzene ring substituents is 1. The number of hydrazone groups is 1. The maximum Gasteiger partial charge on any atom is 0.339 e. The van der Waals surface area contributed by atoms with Crippen molar-refractivity contribution in [2.45, 2.75) is 4.90 Å². The minimum absolute atomic E-state index is 0.0342. The molecule has 0 bridgehead atoms. The first-order valence-electron chi connectivity index (χ1n) is 9.21. The molecule has 0 saturated carbocycles. The maximum absolute atomic E-state index is 12.5. The molecular weight excluding hydrogens is 536 g/mol. The lowest BCUT2D eigenvalue weighted by Gasteiger charge is -2.09. The number of ether oxygens (including phenoxy) is 1. The fraction of sp³-hybridized carbons (Fsp3) is 0.0500. The molecule has 0 aromatic heterocycles. The molecule has 12 nitrogen and oxygen atoms in total. The Labute approximate surface area is 201 Å². The van der Waals surface area contributed by atoms with E-state index in [0.717, 1.165) is 12.1 Å². The van der Waals surface area contributed by atoms with E-state index in [2.05, 4.69) is 26.5 Å². The summed E-state index contributed by atoms with van der Waals surface area (Å²) >= 11 is 3.24. The highest BCUT2D eigenvalue weighted by atomic mass is 79.9. The largest absolute Gasteiger partial charge is 0.497 e. The number of benzene rings is 3. The van der Waals surface area contributed by atoms with Crippen molar-refractivity contribution in [1.82, 2.24) is 0 Å². The van der Waals surface area contributed by atoms with E-state index < -0.39 is 31.3 Å². The Kier molecular flexibility index (Phi) is 7.43. The fourth-order valence-electron chi connectivity index (χ4n) is 2.63. The fourth-order valence-corrected chi connectivity index (χ4v) is 4.16. The van der Waals surface area contributed by atoms with Crippen molar-refractivity contribution in [3.63, 3.8) is 0 Å². The lowest BCUT2D eigenvalue weighted by molar-refractivity contribution is -0.393. The molecule has 14 heteroatoms. The monoisotopic (exact) mass is 550 g/mol. The van der Waals surface area contributed by atoms with Crippen molar-refractivity contribution in [1.29, 1.82) is 0 Å². The van der Waals surface area contributed by atoms with E-state index in [1.807, 2.05) is 0 Å². The van der Waals surface area contributed by atoms with Crippen LogP contribution in [0, 0.1) is 20.2 Å². The Morgan fingerprint density at radius 1 is 1.00 bits per heavy atom. The summed E-state index contributed by atoms with van der Waals surface area (Å²) in [6.45, 7) is 0. The summed E-state index contributed by atoms with van der Waals surface area (Å²) in [4.78, 5) is 20.4. The summed E-state index contributed by atoms with van der Waals surface area (Å²) in [6, 6.07) is 13.2. The van der Waals surface area contributed by atoms with Crippen molar-refractivity contribution in [3.05, 3.63) is 90.9 Å². The van der Waals surface area contributed by atoms with Gasteiger partial charge in [0.25, 0.3) is 5.69 Å². The van der Waals surface area contributed by atoms with Crippen molar-refractivity contribution in [3.8, 4) is 11.5 Å². The van der Waals surface area contributed by atoms with Crippen LogP contribution in [0.25, 0.3) is 0 Å². The van der Waals surface area contributed by atoms with Crippen LogP contribution in [0.4, 0.5) is 17.1 Å². The first kappa shape index (κ1) is 24.6. The average molecular weight is 551 g/mol. The number of methoxy groups -OCH3 is 1.